The number of hydrogen-bond acceptors (Lipinski definition) is 6. The van der Waals surface area contributed by atoms with Crippen LogP contribution in [0.1, 0.15) is 26.2 Å². The maximum absolute atomic E-state index is 13.0. The van der Waals surface area contributed by atoms with Crippen molar-refractivity contribution < 1.29 is 18.0 Å². The first-order valence-corrected chi connectivity index (χ1v) is 12.4. The third kappa shape index (κ3) is 5.15. The number of rotatable bonds is 6. The standard InChI is InChI=1S/C23H25N5O5S/c1-16(29)25-18-5-7-19(8-6-18)26-22(30)15-28-21-10-9-20(13-17(21)14-24-23(28)31)34(32,33)27-11-3-2-4-12-27/h5-10,13-14H,2-4,11-12,15H2,1H3,(H,25,29)(H,26,30). The molecule has 0 atom stereocenters. The number of anilines is 2. The van der Waals surface area contributed by atoms with Crippen LogP contribution >= 0.6 is 0 Å². The molecule has 3 aromatic rings. The lowest BCUT2D eigenvalue weighted by Gasteiger charge is -2.26. The van der Waals surface area contributed by atoms with Crippen LogP contribution in [0.5, 0.6) is 0 Å². The van der Waals surface area contributed by atoms with Gasteiger partial charge in [-0.2, -0.15) is 4.31 Å². The summed E-state index contributed by atoms with van der Waals surface area (Å²) in [5.74, 6) is -0.653. The third-order valence-corrected chi connectivity index (χ3v) is 7.47. The van der Waals surface area contributed by atoms with Gasteiger partial charge in [-0.1, -0.05) is 6.42 Å². The van der Waals surface area contributed by atoms with Crippen molar-refractivity contribution in [2.75, 3.05) is 23.7 Å². The Bertz CT molecular complexity index is 1390. The summed E-state index contributed by atoms with van der Waals surface area (Å²) < 4.78 is 28.7. The van der Waals surface area contributed by atoms with Crippen molar-refractivity contribution in [3.8, 4) is 0 Å². The molecule has 34 heavy (non-hydrogen) atoms. The number of sulfonamides is 1. The van der Waals surface area contributed by atoms with Gasteiger partial charge in [-0.15, -0.1) is 0 Å². The third-order valence-electron chi connectivity index (χ3n) is 5.58. The second-order valence-electron chi connectivity index (χ2n) is 8.12. The first-order valence-electron chi connectivity index (χ1n) is 10.9. The molecule has 1 aliphatic rings. The Labute approximate surface area is 196 Å². The summed E-state index contributed by atoms with van der Waals surface area (Å²) in [6.45, 7) is 2.08. The molecule has 0 unspecified atom stereocenters. The molecule has 10 nitrogen and oxygen atoms in total. The summed E-state index contributed by atoms with van der Waals surface area (Å²) >= 11 is 0. The van der Waals surface area contributed by atoms with Gasteiger partial charge in [0.25, 0.3) is 0 Å². The van der Waals surface area contributed by atoms with Crippen LogP contribution in [-0.4, -0.2) is 47.2 Å². The van der Waals surface area contributed by atoms with E-state index in [2.05, 4.69) is 15.6 Å². The topological polar surface area (TPSA) is 130 Å². The molecule has 4 rings (SSSR count). The molecule has 0 radical (unpaired) electrons. The number of piperidine rings is 1. The van der Waals surface area contributed by atoms with Gasteiger partial charge in [0.2, 0.25) is 21.8 Å². The quantitative estimate of drug-likeness (QED) is 0.553. The summed E-state index contributed by atoms with van der Waals surface area (Å²) in [6.07, 6.45) is 4.00. The van der Waals surface area contributed by atoms with E-state index in [1.165, 1.54) is 40.2 Å². The van der Waals surface area contributed by atoms with Crippen LogP contribution in [0, 0.1) is 0 Å². The van der Waals surface area contributed by atoms with Crippen LogP contribution < -0.4 is 16.3 Å². The van der Waals surface area contributed by atoms with Crippen LogP contribution in [0.3, 0.4) is 0 Å². The Morgan fingerprint density at radius 3 is 2.26 bits per heavy atom. The first kappa shape index (κ1) is 23.6. The van der Waals surface area contributed by atoms with E-state index in [1.807, 2.05) is 0 Å². The van der Waals surface area contributed by atoms with Gasteiger partial charge in [-0.3, -0.25) is 14.2 Å². The summed E-state index contributed by atoms with van der Waals surface area (Å²) in [5.41, 5.74) is 0.884. The zero-order valence-corrected chi connectivity index (χ0v) is 19.5. The van der Waals surface area contributed by atoms with Crippen molar-refractivity contribution in [1.29, 1.82) is 0 Å². The highest BCUT2D eigenvalue weighted by molar-refractivity contribution is 7.89. The lowest BCUT2D eigenvalue weighted by atomic mass is 10.2. The molecule has 1 saturated heterocycles. The van der Waals surface area contributed by atoms with E-state index < -0.39 is 21.6 Å². The molecule has 2 N–H and O–H groups in total. The number of carbonyl (C=O) groups excluding carboxylic acids is 2. The number of aromatic nitrogens is 2. The number of nitrogens with zero attached hydrogens (tertiary/aromatic N) is 3. The lowest BCUT2D eigenvalue weighted by Crippen LogP contribution is -2.35. The van der Waals surface area contributed by atoms with Gasteiger partial charge in [0.05, 0.1) is 10.4 Å². The van der Waals surface area contributed by atoms with Gasteiger partial charge in [-0.25, -0.2) is 18.2 Å². The normalized spacial score (nSPS) is 14.6. The Hall–Kier alpha value is -3.57. The van der Waals surface area contributed by atoms with E-state index in [-0.39, 0.29) is 17.3 Å². The predicted octanol–water partition coefficient (Wildman–Crippen LogP) is 2.17. The van der Waals surface area contributed by atoms with Crippen LogP contribution in [0.2, 0.25) is 0 Å². The zero-order valence-electron chi connectivity index (χ0n) is 18.7. The van der Waals surface area contributed by atoms with Gasteiger partial charge in [0.15, 0.2) is 0 Å². The Morgan fingerprint density at radius 1 is 0.971 bits per heavy atom. The van der Waals surface area contributed by atoms with Crippen molar-refractivity contribution in [1.82, 2.24) is 13.9 Å². The Morgan fingerprint density at radius 2 is 1.62 bits per heavy atom. The lowest BCUT2D eigenvalue weighted by molar-refractivity contribution is -0.117. The SMILES string of the molecule is CC(=O)Nc1ccc(NC(=O)Cn2c(=O)ncc3cc(S(=O)(=O)N4CCCCC4)ccc32)cc1. The molecule has 1 aromatic heterocycles. The second-order valence-corrected chi connectivity index (χ2v) is 10.1. The fourth-order valence-electron chi connectivity index (χ4n) is 3.93. The summed E-state index contributed by atoms with van der Waals surface area (Å²) in [4.78, 5) is 40.1. The molecule has 0 bridgehead atoms. The maximum Gasteiger partial charge on any atom is 0.348 e. The highest BCUT2D eigenvalue weighted by Crippen LogP contribution is 2.23. The van der Waals surface area contributed by atoms with Gasteiger partial charge >= 0.3 is 5.69 Å². The molecule has 1 aliphatic heterocycles. The molecular weight excluding hydrogens is 458 g/mol. The highest BCUT2D eigenvalue weighted by atomic mass is 32.2. The average molecular weight is 484 g/mol. The molecule has 178 valence electrons. The van der Waals surface area contributed by atoms with Crippen molar-refractivity contribution in [2.24, 2.45) is 0 Å². The molecule has 1 fully saturated rings. The number of amides is 2. The molecule has 2 aromatic carbocycles. The summed E-state index contributed by atoms with van der Waals surface area (Å²) in [6, 6.07) is 11.0. The Kier molecular flexibility index (Phi) is 6.75. The fourth-order valence-corrected chi connectivity index (χ4v) is 5.48. The summed E-state index contributed by atoms with van der Waals surface area (Å²) in [5, 5.41) is 5.79. The van der Waals surface area contributed by atoms with Crippen molar-refractivity contribution in [3.05, 3.63) is 59.1 Å². The van der Waals surface area contributed by atoms with E-state index in [9.17, 15) is 22.8 Å². The second kappa shape index (κ2) is 9.74. The largest absolute Gasteiger partial charge is 0.348 e. The van der Waals surface area contributed by atoms with Crippen molar-refractivity contribution >= 4 is 44.1 Å². The molecule has 11 heteroatoms. The number of nitrogens with one attached hydrogen (secondary N) is 2. The molecule has 0 saturated carbocycles. The van der Waals surface area contributed by atoms with Gasteiger partial charge in [-0.05, 0) is 55.3 Å². The average Bonchev–Trinajstić information content (AvgIpc) is 2.82. The minimum Gasteiger partial charge on any atom is -0.326 e. The molecule has 2 amide bonds. The van der Waals surface area contributed by atoms with Crippen molar-refractivity contribution in [2.45, 2.75) is 37.6 Å². The fraction of sp³-hybridized carbons (Fsp3) is 0.304. The van der Waals surface area contributed by atoms with Crippen LogP contribution in [0.15, 0.2) is 58.4 Å². The number of hydrogen-bond donors (Lipinski definition) is 2. The van der Waals surface area contributed by atoms with Crippen LogP contribution in [0.25, 0.3) is 10.9 Å². The number of benzene rings is 2. The van der Waals surface area contributed by atoms with Gasteiger partial charge in [0.1, 0.15) is 6.54 Å². The molecule has 0 spiro atoms. The van der Waals surface area contributed by atoms with Crippen LogP contribution in [0.4, 0.5) is 11.4 Å². The summed E-state index contributed by atoms with van der Waals surface area (Å²) in [7, 11) is -3.64. The van der Waals surface area contributed by atoms with E-state index in [4.69, 9.17) is 0 Å². The highest BCUT2D eigenvalue weighted by Gasteiger charge is 2.26. The molecule has 2 heterocycles. The minimum atomic E-state index is -3.64. The zero-order chi connectivity index (χ0) is 24.3. The van der Waals surface area contributed by atoms with E-state index in [0.29, 0.717) is 35.4 Å². The van der Waals surface area contributed by atoms with Gasteiger partial charge in [0, 0.05) is 43.0 Å². The monoisotopic (exact) mass is 483 g/mol. The van der Waals surface area contributed by atoms with E-state index in [0.717, 1.165) is 19.3 Å². The van der Waals surface area contributed by atoms with E-state index >= 15 is 0 Å². The van der Waals surface area contributed by atoms with Gasteiger partial charge < -0.3 is 10.6 Å². The van der Waals surface area contributed by atoms with Crippen LogP contribution in [-0.2, 0) is 26.2 Å². The molecule has 0 aliphatic carbocycles. The number of carbonyl (C=O) groups is 2. The Balaban J connectivity index is 1.55. The van der Waals surface area contributed by atoms with E-state index in [1.54, 1.807) is 24.3 Å². The number of fused-ring (bicyclic) bond motifs is 1. The smallest absolute Gasteiger partial charge is 0.326 e. The molecular formula is C23H25N5O5S. The predicted molar refractivity (Wildman–Crippen MR) is 128 cm³/mol. The first-order chi connectivity index (χ1) is 16.2. The minimum absolute atomic E-state index is 0.137. The van der Waals surface area contributed by atoms with Crippen molar-refractivity contribution in [3.63, 3.8) is 0 Å². The maximum atomic E-state index is 13.0.